The van der Waals surface area contributed by atoms with Gasteiger partial charge in [0, 0.05) is 10.9 Å². The van der Waals surface area contributed by atoms with Crippen molar-refractivity contribution in [2.75, 3.05) is 20.3 Å². The zero-order valence-electron chi connectivity index (χ0n) is 13.4. The molecule has 25 heavy (non-hydrogen) atoms. The highest BCUT2D eigenvalue weighted by molar-refractivity contribution is 7.89. The lowest BCUT2D eigenvalue weighted by Gasteiger charge is -2.20. The zero-order valence-corrected chi connectivity index (χ0v) is 15.1. The van der Waals surface area contributed by atoms with Gasteiger partial charge in [-0.3, -0.25) is 4.79 Å². The fourth-order valence-electron chi connectivity index (χ4n) is 2.39. The van der Waals surface area contributed by atoms with Gasteiger partial charge in [-0.1, -0.05) is 6.07 Å². The van der Waals surface area contributed by atoms with Gasteiger partial charge in [0.05, 0.1) is 24.5 Å². The predicted octanol–water partition coefficient (Wildman–Crippen LogP) is 2.10. The van der Waals surface area contributed by atoms with E-state index >= 15 is 0 Å². The van der Waals surface area contributed by atoms with Gasteiger partial charge in [0.2, 0.25) is 10.0 Å². The molecule has 7 nitrogen and oxygen atoms in total. The molecule has 1 aliphatic heterocycles. The number of thiophene rings is 1. The van der Waals surface area contributed by atoms with Gasteiger partial charge in [-0.2, -0.15) is 0 Å². The molecule has 1 aliphatic rings. The van der Waals surface area contributed by atoms with Gasteiger partial charge in [0.15, 0.2) is 11.5 Å². The Bertz CT molecular complexity index is 848. The first-order valence-corrected chi connectivity index (χ1v) is 9.88. The van der Waals surface area contributed by atoms with Crippen LogP contribution in [0, 0.1) is 0 Å². The molecule has 1 N–H and O–H groups in total. The van der Waals surface area contributed by atoms with Crippen molar-refractivity contribution in [3.8, 4) is 11.5 Å². The summed E-state index contributed by atoms with van der Waals surface area (Å²) >= 11 is 1.36. The minimum atomic E-state index is -3.86. The maximum Gasteiger partial charge on any atom is 0.307 e. The molecule has 2 heterocycles. The minimum Gasteiger partial charge on any atom is -0.486 e. The summed E-state index contributed by atoms with van der Waals surface area (Å²) in [6.07, 6.45) is -0.0964. The van der Waals surface area contributed by atoms with E-state index in [1.807, 2.05) is 5.38 Å². The molecule has 3 rings (SSSR count). The highest BCUT2D eigenvalue weighted by Gasteiger charge is 2.26. The summed E-state index contributed by atoms with van der Waals surface area (Å²) in [5.41, 5.74) is 0. The van der Waals surface area contributed by atoms with Gasteiger partial charge < -0.3 is 14.2 Å². The molecule has 0 radical (unpaired) electrons. The number of sulfonamides is 1. The Kier molecular flexibility index (Phi) is 5.26. The van der Waals surface area contributed by atoms with E-state index < -0.39 is 22.0 Å². The van der Waals surface area contributed by atoms with Crippen LogP contribution in [0.5, 0.6) is 11.5 Å². The van der Waals surface area contributed by atoms with E-state index in [1.54, 1.807) is 18.2 Å². The van der Waals surface area contributed by atoms with Crippen molar-refractivity contribution in [3.63, 3.8) is 0 Å². The Morgan fingerprint density at radius 3 is 2.72 bits per heavy atom. The van der Waals surface area contributed by atoms with E-state index in [4.69, 9.17) is 9.47 Å². The van der Waals surface area contributed by atoms with Gasteiger partial charge in [0.25, 0.3) is 0 Å². The second-order valence-corrected chi connectivity index (χ2v) is 7.97. The highest BCUT2D eigenvalue weighted by atomic mass is 32.2. The fraction of sp³-hybridized carbons (Fsp3) is 0.312. The van der Waals surface area contributed by atoms with Crippen LogP contribution in [0.4, 0.5) is 0 Å². The Labute approximate surface area is 149 Å². The van der Waals surface area contributed by atoms with Crippen LogP contribution in [-0.4, -0.2) is 34.7 Å². The predicted molar refractivity (Wildman–Crippen MR) is 91.4 cm³/mol. The molecule has 1 unspecified atom stereocenters. The second kappa shape index (κ2) is 7.42. The van der Waals surface area contributed by atoms with Crippen LogP contribution in [0.25, 0.3) is 0 Å². The molecular formula is C16H17NO6S2. The van der Waals surface area contributed by atoms with Gasteiger partial charge in [-0.15, -0.1) is 11.3 Å². The third kappa shape index (κ3) is 4.12. The first kappa shape index (κ1) is 17.7. The summed E-state index contributed by atoms with van der Waals surface area (Å²) in [6.45, 7) is 0.793. The lowest BCUT2D eigenvalue weighted by atomic mass is 10.2. The molecule has 1 aromatic carbocycles. The zero-order chi connectivity index (χ0) is 17.9. The number of hydrogen-bond donors (Lipinski definition) is 1. The van der Waals surface area contributed by atoms with Crippen molar-refractivity contribution in [1.29, 1.82) is 0 Å². The van der Waals surface area contributed by atoms with Crippen molar-refractivity contribution < 1.29 is 27.4 Å². The number of hydrogen-bond acceptors (Lipinski definition) is 7. The maximum absolute atomic E-state index is 12.7. The summed E-state index contributed by atoms with van der Waals surface area (Å²) in [5.74, 6) is 0.396. The molecule has 0 spiro atoms. The van der Waals surface area contributed by atoms with Gasteiger partial charge >= 0.3 is 5.97 Å². The molecule has 0 saturated heterocycles. The standard InChI is InChI=1S/C16H17NO6S2/c1-21-16(18)10-12(15-3-2-8-24-15)17-25(19,20)11-4-5-13-14(9-11)23-7-6-22-13/h2-5,8-9,12,17H,6-7,10H2,1H3. The number of fused-ring (bicyclic) bond motifs is 1. The van der Waals surface area contributed by atoms with E-state index in [9.17, 15) is 13.2 Å². The summed E-state index contributed by atoms with van der Waals surface area (Å²) in [4.78, 5) is 12.4. The van der Waals surface area contributed by atoms with E-state index in [0.29, 0.717) is 24.7 Å². The number of benzene rings is 1. The molecule has 2 aromatic rings. The highest BCUT2D eigenvalue weighted by Crippen LogP contribution is 2.33. The summed E-state index contributed by atoms with van der Waals surface area (Å²) in [6, 6.07) is 7.28. The monoisotopic (exact) mass is 383 g/mol. The van der Waals surface area contributed by atoms with Crippen molar-refractivity contribution in [1.82, 2.24) is 4.72 Å². The number of carbonyl (C=O) groups excluding carboxylic acids is 1. The Morgan fingerprint density at radius 1 is 1.28 bits per heavy atom. The van der Waals surface area contributed by atoms with E-state index in [1.165, 1.54) is 30.6 Å². The number of rotatable bonds is 6. The van der Waals surface area contributed by atoms with E-state index in [2.05, 4.69) is 9.46 Å². The average molecular weight is 383 g/mol. The number of nitrogens with one attached hydrogen (secondary N) is 1. The van der Waals surface area contributed by atoms with Crippen LogP contribution >= 0.6 is 11.3 Å². The van der Waals surface area contributed by atoms with E-state index in [0.717, 1.165) is 4.88 Å². The average Bonchev–Trinajstić information content (AvgIpc) is 3.15. The molecule has 0 fully saturated rings. The lowest BCUT2D eigenvalue weighted by molar-refractivity contribution is -0.141. The molecular weight excluding hydrogens is 366 g/mol. The molecule has 9 heteroatoms. The maximum atomic E-state index is 12.7. The quantitative estimate of drug-likeness (QED) is 0.768. The number of carbonyl (C=O) groups is 1. The fourth-order valence-corrected chi connectivity index (χ4v) is 4.47. The van der Waals surface area contributed by atoms with Gasteiger partial charge in [-0.05, 0) is 23.6 Å². The molecule has 1 atom stereocenters. The second-order valence-electron chi connectivity index (χ2n) is 5.28. The largest absolute Gasteiger partial charge is 0.486 e. The Morgan fingerprint density at radius 2 is 2.04 bits per heavy atom. The summed E-state index contributed by atoms with van der Waals surface area (Å²) in [7, 11) is -2.59. The first-order valence-electron chi connectivity index (χ1n) is 7.52. The smallest absolute Gasteiger partial charge is 0.307 e. The van der Waals surface area contributed by atoms with Gasteiger partial charge in [0.1, 0.15) is 13.2 Å². The van der Waals surface area contributed by atoms with Crippen LogP contribution in [0.2, 0.25) is 0 Å². The third-order valence-corrected chi connectivity index (χ3v) is 6.06. The molecule has 1 aromatic heterocycles. The van der Waals surface area contributed by atoms with E-state index in [-0.39, 0.29) is 11.3 Å². The minimum absolute atomic E-state index is 0.0446. The van der Waals surface area contributed by atoms with Crippen molar-refractivity contribution in [3.05, 3.63) is 40.6 Å². The SMILES string of the molecule is COC(=O)CC(NS(=O)(=O)c1ccc2c(c1)OCCO2)c1cccs1. The van der Waals surface area contributed by atoms with Crippen LogP contribution in [0.1, 0.15) is 17.3 Å². The molecule has 134 valence electrons. The molecule has 0 amide bonds. The molecule has 0 saturated carbocycles. The van der Waals surface area contributed by atoms with Crippen LogP contribution in [0.15, 0.2) is 40.6 Å². The Balaban J connectivity index is 1.86. The molecule has 0 bridgehead atoms. The third-order valence-electron chi connectivity index (χ3n) is 3.61. The van der Waals surface area contributed by atoms with Crippen LogP contribution < -0.4 is 14.2 Å². The lowest BCUT2D eigenvalue weighted by Crippen LogP contribution is -2.30. The van der Waals surface area contributed by atoms with Crippen molar-refractivity contribution in [2.45, 2.75) is 17.4 Å². The number of methoxy groups -OCH3 is 1. The molecule has 0 aliphatic carbocycles. The summed E-state index contributed by atoms with van der Waals surface area (Å²) < 4.78 is 43.5. The number of esters is 1. The summed E-state index contributed by atoms with van der Waals surface area (Å²) in [5, 5.41) is 1.82. The number of ether oxygens (including phenoxy) is 3. The van der Waals surface area contributed by atoms with Crippen LogP contribution in [0.3, 0.4) is 0 Å². The first-order chi connectivity index (χ1) is 12.0. The normalized spacial score (nSPS) is 14.8. The topological polar surface area (TPSA) is 90.9 Å². The van der Waals surface area contributed by atoms with Crippen molar-refractivity contribution in [2.24, 2.45) is 0 Å². The van der Waals surface area contributed by atoms with Crippen LogP contribution in [-0.2, 0) is 19.6 Å². The Hall–Kier alpha value is -2.10. The van der Waals surface area contributed by atoms with Gasteiger partial charge in [-0.25, -0.2) is 13.1 Å². The van der Waals surface area contributed by atoms with Crippen molar-refractivity contribution >= 4 is 27.3 Å².